The SMILES string of the molecule is Cc1c(N)cccc1-c1ccc(C(N)=O)c2[nH]c3cc(N4CCN(C)CC4)ccc3c12. The quantitative estimate of drug-likeness (QED) is 0.446. The summed E-state index contributed by atoms with van der Waals surface area (Å²) in [6.45, 7) is 6.13. The predicted octanol–water partition coefficient (Wildman–Crippen LogP) is 3.73. The summed E-state index contributed by atoms with van der Waals surface area (Å²) in [4.78, 5) is 20.4. The highest BCUT2D eigenvalue weighted by atomic mass is 16.1. The Labute approximate surface area is 181 Å². The number of hydrogen-bond acceptors (Lipinski definition) is 4. The van der Waals surface area contributed by atoms with E-state index in [2.05, 4.69) is 46.1 Å². The van der Waals surface area contributed by atoms with Crippen LogP contribution >= 0.6 is 0 Å². The first-order valence-corrected chi connectivity index (χ1v) is 10.6. The number of anilines is 2. The first kappa shape index (κ1) is 19.5. The maximum absolute atomic E-state index is 12.2. The standard InChI is InChI=1S/C25H27N5O/c1-15-17(4-3-5-21(15)26)18-8-9-20(25(27)31)24-23(18)19-7-6-16(14-22(19)28-24)30-12-10-29(2)11-13-30/h3-9,14,28H,10-13,26H2,1-2H3,(H2,27,31). The highest BCUT2D eigenvalue weighted by Crippen LogP contribution is 2.39. The number of piperazine rings is 1. The van der Waals surface area contributed by atoms with Gasteiger partial charge in [-0.15, -0.1) is 0 Å². The molecule has 5 N–H and O–H groups in total. The largest absolute Gasteiger partial charge is 0.398 e. The molecule has 6 heteroatoms. The summed E-state index contributed by atoms with van der Waals surface area (Å²) in [5.41, 5.74) is 19.3. The number of likely N-dealkylation sites (N-methyl/N-ethyl adjacent to an activating group) is 1. The summed E-state index contributed by atoms with van der Waals surface area (Å²) in [5.74, 6) is -0.438. The number of rotatable bonds is 3. The molecule has 0 saturated carbocycles. The molecule has 1 aromatic heterocycles. The fraction of sp³-hybridized carbons (Fsp3) is 0.240. The Morgan fingerprint density at radius 1 is 1.00 bits per heavy atom. The molecule has 5 rings (SSSR count). The molecule has 6 nitrogen and oxygen atoms in total. The van der Waals surface area contributed by atoms with Gasteiger partial charge >= 0.3 is 0 Å². The number of nitrogens with two attached hydrogens (primary N) is 2. The number of aromatic nitrogens is 1. The van der Waals surface area contributed by atoms with Crippen LogP contribution in [0, 0.1) is 6.92 Å². The number of nitrogens with zero attached hydrogens (tertiary/aromatic N) is 2. The van der Waals surface area contributed by atoms with E-state index >= 15 is 0 Å². The maximum Gasteiger partial charge on any atom is 0.250 e. The highest BCUT2D eigenvalue weighted by molar-refractivity contribution is 6.20. The van der Waals surface area contributed by atoms with Crippen molar-refractivity contribution in [2.75, 3.05) is 43.9 Å². The molecule has 1 aliphatic rings. The molecule has 1 saturated heterocycles. The van der Waals surface area contributed by atoms with Crippen LogP contribution in [0.1, 0.15) is 15.9 Å². The molecule has 0 bridgehead atoms. The van der Waals surface area contributed by atoms with Gasteiger partial charge in [0, 0.05) is 53.8 Å². The van der Waals surface area contributed by atoms with Gasteiger partial charge in [0.05, 0.1) is 11.1 Å². The number of benzene rings is 3. The van der Waals surface area contributed by atoms with Crippen LogP contribution < -0.4 is 16.4 Å². The lowest BCUT2D eigenvalue weighted by Crippen LogP contribution is -2.44. The fourth-order valence-electron chi connectivity index (χ4n) is 4.64. The van der Waals surface area contributed by atoms with Crippen LogP contribution in [-0.4, -0.2) is 49.0 Å². The molecule has 1 aliphatic heterocycles. The Bertz CT molecular complexity index is 1310. The van der Waals surface area contributed by atoms with E-state index in [4.69, 9.17) is 11.5 Å². The molecule has 0 spiro atoms. The molecule has 1 fully saturated rings. The summed E-state index contributed by atoms with van der Waals surface area (Å²) >= 11 is 0. The number of carbonyl (C=O) groups excluding carboxylic acids is 1. The van der Waals surface area contributed by atoms with Crippen molar-refractivity contribution in [2.24, 2.45) is 5.73 Å². The van der Waals surface area contributed by atoms with Crippen LogP contribution in [0.15, 0.2) is 48.5 Å². The zero-order chi connectivity index (χ0) is 21.7. The third kappa shape index (κ3) is 3.20. The third-order valence-corrected chi connectivity index (χ3v) is 6.54. The molecule has 2 heterocycles. The molecule has 0 atom stereocenters. The number of aromatic amines is 1. The van der Waals surface area contributed by atoms with E-state index in [-0.39, 0.29) is 0 Å². The molecular weight excluding hydrogens is 386 g/mol. The number of H-pyrrole nitrogens is 1. The summed E-state index contributed by atoms with van der Waals surface area (Å²) < 4.78 is 0. The minimum atomic E-state index is -0.438. The Balaban J connectivity index is 1.74. The van der Waals surface area contributed by atoms with Gasteiger partial charge in [0.15, 0.2) is 0 Å². The van der Waals surface area contributed by atoms with Gasteiger partial charge in [-0.25, -0.2) is 0 Å². The molecule has 3 aromatic carbocycles. The Kier molecular flexibility index (Phi) is 4.59. The van der Waals surface area contributed by atoms with Crippen LogP contribution in [-0.2, 0) is 0 Å². The van der Waals surface area contributed by atoms with Gasteiger partial charge in [0.25, 0.3) is 5.91 Å². The van der Waals surface area contributed by atoms with E-state index < -0.39 is 5.91 Å². The average molecular weight is 414 g/mol. The zero-order valence-corrected chi connectivity index (χ0v) is 17.9. The molecular formula is C25H27N5O. The molecule has 158 valence electrons. The lowest BCUT2D eigenvalue weighted by Gasteiger charge is -2.34. The third-order valence-electron chi connectivity index (χ3n) is 6.54. The van der Waals surface area contributed by atoms with Crippen molar-refractivity contribution in [3.8, 4) is 11.1 Å². The molecule has 0 aliphatic carbocycles. The molecule has 4 aromatic rings. The minimum absolute atomic E-state index is 0.438. The van der Waals surface area contributed by atoms with Crippen LogP contribution in [0.2, 0.25) is 0 Å². The second-order valence-electron chi connectivity index (χ2n) is 8.44. The first-order valence-electron chi connectivity index (χ1n) is 10.6. The first-order chi connectivity index (χ1) is 14.9. The van der Waals surface area contributed by atoms with Crippen LogP contribution in [0.25, 0.3) is 32.9 Å². The van der Waals surface area contributed by atoms with Crippen molar-refractivity contribution < 1.29 is 4.79 Å². The van der Waals surface area contributed by atoms with E-state index in [0.717, 1.165) is 70.4 Å². The molecule has 31 heavy (non-hydrogen) atoms. The van der Waals surface area contributed by atoms with Gasteiger partial charge in [0.2, 0.25) is 0 Å². The second-order valence-corrected chi connectivity index (χ2v) is 8.44. The second kappa shape index (κ2) is 7.32. The number of fused-ring (bicyclic) bond motifs is 3. The summed E-state index contributed by atoms with van der Waals surface area (Å²) in [5, 5.41) is 2.08. The monoisotopic (exact) mass is 413 g/mol. The van der Waals surface area contributed by atoms with E-state index in [0.29, 0.717) is 5.56 Å². The van der Waals surface area contributed by atoms with Crippen LogP contribution in [0.3, 0.4) is 0 Å². The van der Waals surface area contributed by atoms with E-state index in [1.807, 2.05) is 25.1 Å². The van der Waals surface area contributed by atoms with Gasteiger partial charge in [-0.2, -0.15) is 0 Å². The van der Waals surface area contributed by atoms with Crippen molar-refractivity contribution in [2.45, 2.75) is 6.92 Å². The molecule has 0 radical (unpaired) electrons. The van der Waals surface area contributed by atoms with E-state index in [1.165, 1.54) is 5.69 Å². The molecule has 0 unspecified atom stereocenters. The number of nitrogens with one attached hydrogen (secondary N) is 1. The van der Waals surface area contributed by atoms with Crippen LogP contribution in [0.4, 0.5) is 11.4 Å². The Hall–Kier alpha value is -3.51. The Morgan fingerprint density at radius 2 is 1.77 bits per heavy atom. The van der Waals surface area contributed by atoms with Gasteiger partial charge in [-0.05, 0) is 54.9 Å². The minimum Gasteiger partial charge on any atom is -0.398 e. The number of carbonyl (C=O) groups is 1. The zero-order valence-electron chi connectivity index (χ0n) is 17.9. The van der Waals surface area contributed by atoms with Gasteiger partial charge in [-0.1, -0.05) is 24.3 Å². The topological polar surface area (TPSA) is 91.4 Å². The lowest BCUT2D eigenvalue weighted by atomic mass is 9.93. The van der Waals surface area contributed by atoms with Gasteiger partial charge in [-0.3, -0.25) is 4.79 Å². The highest BCUT2D eigenvalue weighted by Gasteiger charge is 2.20. The van der Waals surface area contributed by atoms with E-state index in [1.54, 1.807) is 6.07 Å². The van der Waals surface area contributed by atoms with E-state index in [9.17, 15) is 4.79 Å². The van der Waals surface area contributed by atoms with Crippen LogP contribution in [0.5, 0.6) is 0 Å². The van der Waals surface area contributed by atoms with Gasteiger partial charge < -0.3 is 26.3 Å². The van der Waals surface area contributed by atoms with Crippen molar-refractivity contribution in [3.63, 3.8) is 0 Å². The lowest BCUT2D eigenvalue weighted by molar-refractivity contribution is 0.100. The molecule has 1 amide bonds. The normalized spacial score (nSPS) is 15.1. The summed E-state index contributed by atoms with van der Waals surface area (Å²) in [6.07, 6.45) is 0. The fourth-order valence-corrected chi connectivity index (χ4v) is 4.64. The number of nitrogen functional groups attached to an aromatic ring is 1. The van der Waals surface area contributed by atoms with Gasteiger partial charge in [0.1, 0.15) is 0 Å². The van der Waals surface area contributed by atoms with Crippen molar-refractivity contribution in [3.05, 3.63) is 59.7 Å². The smallest absolute Gasteiger partial charge is 0.250 e. The number of hydrogen-bond donors (Lipinski definition) is 3. The predicted molar refractivity (Wildman–Crippen MR) is 129 cm³/mol. The number of amides is 1. The van der Waals surface area contributed by atoms with Crippen molar-refractivity contribution in [1.82, 2.24) is 9.88 Å². The number of primary amides is 1. The summed E-state index contributed by atoms with van der Waals surface area (Å²) in [7, 11) is 2.16. The van der Waals surface area contributed by atoms with Crippen molar-refractivity contribution >= 4 is 39.1 Å². The maximum atomic E-state index is 12.2. The average Bonchev–Trinajstić information content (AvgIpc) is 3.14. The van der Waals surface area contributed by atoms with Crippen molar-refractivity contribution in [1.29, 1.82) is 0 Å². The Morgan fingerprint density at radius 3 is 2.52 bits per heavy atom. The summed E-state index contributed by atoms with van der Waals surface area (Å²) in [6, 6.07) is 16.2.